The number of hydrogen-bond acceptors (Lipinski definition) is 5. The number of fused-ring (bicyclic) bond motifs is 3. The van der Waals surface area contributed by atoms with Crippen LogP contribution >= 0.6 is 11.8 Å². The van der Waals surface area contributed by atoms with Crippen LogP contribution in [-0.2, 0) is 6.42 Å². The van der Waals surface area contributed by atoms with Crippen molar-refractivity contribution in [2.24, 2.45) is 0 Å². The Bertz CT molecular complexity index is 1140. The van der Waals surface area contributed by atoms with Crippen molar-refractivity contribution >= 4 is 23.5 Å². The fraction of sp³-hybridized carbons (Fsp3) is 0.400. The van der Waals surface area contributed by atoms with Crippen LogP contribution in [-0.4, -0.2) is 39.4 Å². The molecule has 1 saturated heterocycles. The Hall–Kier alpha value is -2.60. The standard InChI is InChI=1S/C25H26N4OS/c30-23(19-9-8-18-14-17-6-2-3-7-21(17)22(18)15-19)16-31-25-27-26-24(29(25)20-10-11-20)28-12-4-1-5-13-28/h2-3,6-9,15,20H,1,4-5,10-14,16H2. The van der Waals surface area contributed by atoms with Gasteiger partial charge in [-0.3, -0.25) is 9.36 Å². The second kappa shape index (κ2) is 7.83. The van der Waals surface area contributed by atoms with Gasteiger partial charge in [-0.1, -0.05) is 48.2 Å². The van der Waals surface area contributed by atoms with Crippen LogP contribution in [0, 0.1) is 0 Å². The summed E-state index contributed by atoms with van der Waals surface area (Å²) in [5.74, 6) is 1.55. The maximum Gasteiger partial charge on any atom is 0.228 e. The van der Waals surface area contributed by atoms with E-state index in [1.165, 1.54) is 66.1 Å². The summed E-state index contributed by atoms with van der Waals surface area (Å²) in [4.78, 5) is 15.4. The third-order valence-electron chi connectivity index (χ3n) is 6.65. The Morgan fingerprint density at radius 2 is 1.77 bits per heavy atom. The molecule has 0 atom stereocenters. The van der Waals surface area contributed by atoms with Gasteiger partial charge in [0.15, 0.2) is 10.9 Å². The molecule has 5 nitrogen and oxygen atoms in total. The van der Waals surface area contributed by atoms with Crippen LogP contribution in [0.15, 0.2) is 47.6 Å². The summed E-state index contributed by atoms with van der Waals surface area (Å²) in [6, 6.07) is 15.2. The summed E-state index contributed by atoms with van der Waals surface area (Å²) < 4.78 is 2.29. The quantitative estimate of drug-likeness (QED) is 0.313. The zero-order valence-electron chi connectivity index (χ0n) is 17.6. The molecule has 158 valence electrons. The van der Waals surface area contributed by atoms with Gasteiger partial charge in [0.05, 0.1) is 5.75 Å². The summed E-state index contributed by atoms with van der Waals surface area (Å²) in [7, 11) is 0. The number of benzene rings is 2. The molecule has 2 fully saturated rings. The molecule has 2 aliphatic carbocycles. The molecule has 31 heavy (non-hydrogen) atoms. The fourth-order valence-electron chi connectivity index (χ4n) is 4.84. The minimum atomic E-state index is 0.155. The van der Waals surface area contributed by atoms with Gasteiger partial charge in [-0.25, -0.2) is 0 Å². The van der Waals surface area contributed by atoms with Gasteiger partial charge in [-0.05, 0) is 66.8 Å². The molecule has 1 aromatic heterocycles. The van der Waals surface area contributed by atoms with Crippen LogP contribution in [0.5, 0.6) is 0 Å². The fourth-order valence-corrected chi connectivity index (χ4v) is 5.74. The summed E-state index contributed by atoms with van der Waals surface area (Å²) in [5, 5.41) is 9.91. The minimum Gasteiger partial charge on any atom is -0.341 e. The van der Waals surface area contributed by atoms with Crippen LogP contribution in [0.3, 0.4) is 0 Å². The molecule has 0 N–H and O–H groups in total. The first kappa shape index (κ1) is 19.1. The Morgan fingerprint density at radius 3 is 2.61 bits per heavy atom. The molecule has 1 aliphatic heterocycles. The Labute approximate surface area is 186 Å². The Kier molecular flexibility index (Phi) is 4.82. The van der Waals surface area contributed by atoms with E-state index < -0.39 is 0 Å². The zero-order chi connectivity index (χ0) is 20.8. The second-order valence-corrected chi connectivity index (χ2v) is 9.79. The monoisotopic (exact) mass is 430 g/mol. The van der Waals surface area contributed by atoms with E-state index in [1.807, 2.05) is 6.07 Å². The van der Waals surface area contributed by atoms with E-state index in [2.05, 4.69) is 56.1 Å². The van der Waals surface area contributed by atoms with E-state index >= 15 is 0 Å². The minimum absolute atomic E-state index is 0.155. The van der Waals surface area contributed by atoms with Crippen molar-refractivity contribution in [3.8, 4) is 11.1 Å². The van der Waals surface area contributed by atoms with Gasteiger partial charge in [-0.15, -0.1) is 10.2 Å². The van der Waals surface area contributed by atoms with Crippen molar-refractivity contribution in [3.63, 3.8) is 0 Å². The van der Waals surface area contributed by atoms with Gasteiger partial charge >= 0.3 is 0 Å². The van der Waals surface area contributed by atoms with Crippen LogP contribution in [0.4, 0.5) is 5.95 Å². The zero-order valence-corrected chi connectivity index (χ0v) is 18.4. The average Bonchev–Trinajstić information content (AvgIpc) is 3.46. The van der Waals surface area contributed by atoms with E-state index in [0.29, 0.717) is 11.8 Å². The summed E-state index contributed by atoms with van der Waals surface area (Å²) >= 11 is 1.54. The number of anilines is 1. The van der Waals surface area contributed by atoms with E-state index in [0.717, 1.165) is 36.2 Å². The predicted octanol–water partition coefficient (Wildman–Crippen LogP) is 5.15. The molecule has 3 aliphatic rings. The van der Waals surface area contributed by atoms with Crippen LogP contribution < -0.4 is 4.90 Å². The molecule has 1 saturated carbocycles. The highest BCUT2D eigenvalue weighted by Crippen LogP contribution is 2.41. The lowest BCUT2D eigenvalue weighted by atomic mass is 10.0. The predicted molar refractivity (Wildman–Crippen MR) is 124 cm³/mol. The van der Waals surface area contributed by atoms with E-state index in [4.69, 9.17) is 0 Å². The van der Waals surface area contributed by atoms with Crippen molar-refractivity contribution in [2.45, 2.75) is 49.7 Å². The lowest BCUT2D eigenvalue weighted by Gasteiger charge is -2.27. The number of ketones is 1. The van der Waals surface area contributed by atoms with Crippen molar-refractivity contribution < 1.29 is 4.79 Å². The number of aromatic nitrogens is 3. The van der Waals surface area contributed by atoms with Crippen LogP contribution in [0.2, 0.25) is 0 Å². The lowest BCUT2D eigenvalue weighted by molar-refractivity contribution is 0.102. The second-order valence-electron chi connectivity index (χ2n) is 8.85. The molecule has 0 unspecified atom stereocenters. The van der Waals surface area contributed by atoms with Crippen molar-refractivity contribution in [1.29, 1.82) is 0 Å². The molecular weight excluding hydrogens is 404 g/mol. The van der Waals surface area contributed by atoms with Crippen molar-refractivity contribution in [3.05, 3.63) is 59.2 Å². The van der Waals surface area contributed by atoms with E-state index in [-0.39, 0.29) is 5.78 Å². The number of carbonyl (C=O) groups excluding carboxylic acids is 1. The summed E-state index contributed by atoms with van der Waals surface area (Å²) in [6.45, 7) is 2.12. The molecule has 2 aromatic carbocycles. The molecular formula is C25H26N4OS. The molecule has 0 spiro atoms. The molecule has 3 aromatic rings. The first-order chi connectivity index (χ1) is 15.3. The molecule has 6 rings (SSSR count). The Morgan fingerprint density at radius 1 is 0.968 bits per heavy atom. The number of thioether (sulfide) groups is 1. The van der Waals surface area contributed by atoms with Crippen molar-refractivity contribution in [1.82, 2.24) is 14.8 Å². The third kappa shape index (κ3) is 3.57. The van der Waals surface area contributed by atoms with Gasteiger partial charge < -0.3 is 4.90 Å². The highest BCUT2D eigenvalue weighted by Gasteiger charge is 2.32. The highest BCUT2D eigenvalue weighted by molar-refractivity contribution is 7.99. The molecule has 0 radical (unpaired) electrons. The number of Topliss-reactive ketones (excluding diaryl/α,β-unsaturated/α-hetero) is 1. The van der Waals surface area contributed by atoms with Crippen LogP contribution in [0.25, 0.3) is 11.1 Å². The topological polar surface area (TPSA) is 51.0 Å². The van der Waals surface area contributed by atoms with E-state index in [1.54, 1.807) is 0 Å². The number of rotatable bonds is 6. The number of nitrogens with zero attached hydrogens (tertiary/aromatic N) is 4. The first-order valence-corrected chi connectivity index (χ1v) is 12.3. The van der Waals surface area contributed by atoms with Gasteiger partial charge in [0.25, 0.3) is 0 Å². The average molecular weight is 431 g/mol. The molecule has 6 heteroatoms. The van der Waals surface area contributed by atoms with Crippen molar-refractivity contribution in [2.75, 3.05) is 23.7 Å². The van der Waals surface area contributed by atoms with Gasteiger partial charge in [0.2, 0.25) is 5.95 Å². The highest BCUT2D eigenvalue weighted by atomic mass is 32.2. The maximum atomic E-state index is 13.0. The SMILES string of the molecule is O=C(CSc1nnc(N2CCCCC2)n1C1CC1)c1ccc2c(c1)-c1ccccc1C2. The van der Waals surface area contributed by atoms with E-state index in [9.17, 15) is 4.79 Å². The molecule has 0 bridgehead atoms. The maximum absolute atomic E-state index is 13.0. The van der Waals surface area contributed by atoms with Gasteiger partial charge in [-0.2, -0.15) is 0 Å². The van der Waals surface area contributed by atoms with Gasteiger partial charge in [0, 0.05) is 24.7 Å². The van der Waals surface area contributed by atoms with Gasteiger partial charge in [0.1, 0.15) is 0 Å². The largest absolute Gasteiger partial charge is 0.341 e. The molecule has 2 heterocycles. The first-order valence-electron chi connectivity index (χ1n) is 11.3. The van der Waals surface area contributed by atoms with Crippen LogP contribution in [0.1, 0.15) is 59.6 Å². The third-order valence-corrected chi connectivity index (χ3v) is 7.59. The normalized spacial score (nSPS) is 17.5. The number of hydrogen-bond donors (Lipinski definition) is 0. The Balaban J connectivity index is 1.20. The smallest absolute Gasteiger partial charge is 0.228 e. The number of piperidine rings is 1. The number of carbonyl (C=O) groups is 1. The lowest BCUT2D eigenvalue weighted by Crippen LogP contribution is -2.31. The summed E-state index contributed by atoms with van der Waals surface area (Å²) in [5.41, 5.74) is 5.92. The molecule has 0 amide bonds. The summed E-state index contributed by atoms with van der Waals surface area (Å²) in [6.07, 6.45) is 7.07.